The highest BCUT2D eigenvalue weighted by Gasteiger charge is 2.23. The maximum absolute atomic E-state index is 11.1. The third-order valence-electron chi connectivity index (χ3n) is 1.77. The highest BCUT2D eigenvalue weighted by molar-refractivity contribution is 6.10. The van der Waals surface area contributed by atoms with E-state index in [-0.39, 0.29) is 11.6 Å². The van der Waals surface area contributed by atoms with Crippen molar-refractivity contribution >= 4 is 11.6 Å². The van der Waals surface area contributed by atoms with Crippen molar-refractivity contribution in [1.82, 2.24) is 0 Å². The van der Waals surface area contributed by atoms with E-state index in [1.165, 1.54) is 13.0 Å². The summed E-state index contributed by atoms with van der Waals surface area (Å²) < 4.78 is 0. The van der Waals surface area contributed by atoms with E-state index in [1.54, 1.807) is 19.1 Å². The van der Waals surface area contributed by atoms with E-state index in [0.29, 0.717) is 0 Å². The average molecular weight is 150 g/mol. The van der Waals surface area contributed by atoms with E-state index < -0.39 is 5.92 Å². The molecule has 0 aromatic heterocycles. The quantitative estimate of drug-likeness (QED) is 0.527. The molecule has 0 aromatic rings. The largest absolute Gasteiger partial charge is 0.299 e. The summed E-state index contributed by atoms with van der Waals surface area (Å²) in [6, 6.07) is 0. The van der Waals surface area contributed by atoms with Gasteiger partial charge in [-0.25, -0.2) is 0 Å². The Morgan fingerprint density at radius 3 is 2.55 bits per heavy atom. The Labute approximate surface area is 65.6 Å². The zero-order valence-electron chi connectivity index (χ0n) is 6.63. The van der Waals surface area contributed by atoms with Crippen LogP contribution in [0.1, 0.15) is 13.8 Å². The number of carbonyl (C=O) groups excluding carboxylic acids is 2. The molecule has 0 saturated heterocycles. The smallest absolute Gasteiger partial charge is 0.170 e. The standard InChI is InChI=1S/C9H10O2/c1-6-4-3-5-8(11)9(6)7(2)10/h3-5,9H,1-2H3. The van der Waals surface area contributed by atoms with Crippen molar-refractivity contribution in [3.63, 3.8) is 0 Å². The summed E-state index contributed by atoms with van der Waals surface area (Å²) in [4.78, 5) is 22.0. The lowest BCUT2D eigenvalue weighted by Gasteiger charge is -2.13. The van der Waals surface area contributed by atoms with E-state index in [4.69, 9.17) is 0 Å². The Hall–Kier alpha value is -1.18. The van der Waals surface area contributed by atoms with Crippen LogP contribution in [0.15, 0.2) is 23.8 Å². The SMILES string of the molecule is CC(=O)C1C(=O)C=CC=C1C. The van der Waals surface area contributed by atoms with Crippen LogP contribution in [-0.2, 0) is 9.59 Å². The lowest BCUT2D eigenvalue weighted by Crippen LogP contribution is -2.22. The van der Waals surface area contributed by atoms with Crippen LogP contribution in [-0.4, -0.2) is 11.6 Å². The molecule has 2 heteroatoms. The zero-order chi connectivity index (χ0) is 8.43. The van der Waals surface area contributed by atoms with E-state index in [0.717, 1.165) is 5.57 Å². The van der Waals surface area contributed by atoms with Gasteiger partial charge in [0.25, 0.3) is 0 Å². The van der Waals surface area contributed by atoms with Gasteiger partial charge in [-0.15, -0.1) is 0 Å². The fraction of sp³-hybridized carbons (Fsp3) is 0.333. The molecule has 0 bridgehead atoms. The van der Waals surface area contributed by atoms with Gasteiger partial charge in [-0.3, -0.25) is 9.59 Å². The van der Waals surface area contributed by atoms with Crippen molar-refractivity contribution in [3.05, 3.63) is 23.8 Å². The lowest BCUT2D eigenvalue weighted by molar-refractivity contribution is -0.127. The van der Waals surface area contributed by atoms with Gasteiger partial charge in [0.05, 0.1) is 0 Å². The van der Waals surface area contributed by atoms with Gasteiger partial charge >= 0.3 is 0 Å². The fourth-order valence-corrected chi connectivity index (χ4v) is 1.23. The first-order valence-corrected chi connectivity index (χ1v) is 3.52. The molecule has 0 saturated carbocycles. The molecule has 0 heterocycles. The van der Waals surface area contributed by atoms with E-state index in [9.17, 15) is 9.59 Å². The summed E-state index contributed by atoms with van der Waals surface area (Å²) in [6.07, 6.45) is 4.92. The summed E-state index contributed by atoms with van der Waals surface area (Å²) in [5.74, 6) is -0.689. The normalized spacial score (nSPS) is 23.3. The monoisotopic (exact) mass is 150 g/mol. The molecule has 0 spiro atoms. The van der Waals surface area contributed by atoms with E-state index >= 15 is 0 Å². The molecular weight excluding hydrogens is 140 g/mol. The van der Waals surface area contributed by atoms with Crippen molar-refractivity contribution in [3.8, 4) is 0 Å². The van der Waals surface area contributed by atoms with Gasteiger partial charge in [0.1, 0.15) is 11.7 Å². The number of ketones is 2. The number of Topliss-reactive ketones (excluding diaryl/α,β-unsaturated/α-hetero) is 1. The van der Waals surface area contributed by atoms with Gasteiger partial charge in [-0.05, 0) is 19.9 Å². The van der Waals surface area contributed by atoms with Crippen LogP contribution in [0.2, 0.25) is 0 Å². The minimum Gasteiger partial charge on any atom is -0.299 e. The Balaban J connectivity index is 2.95. The van der Waals surface area contributed by atoms with Crippen molar-refractivity contribution in [2.45, 2.75) is 13.8 Å². The predicted octanol–water partition coefficient (Wildman–Crippen LogP) is 1.28. The summed E-state index contributed by atoms with van der Waals surface area (Å²) in [6.45, 7) is 3.24. The number of allylic oxidation sites excluding steroid dienone is 4. The summed E-state index contributed by atoms with van der Waals surface area (Å²) in [7, 11) is 0. The van der Waals surface area contributed by atoms with E-state index in [2.05, 4.69) is 0 Å². The second-order valence-corrected chi connectivity index (χ2v) is 2.72. The Bertz CT molecular complexity index is 259. The second-order valence-electron chi connectivity index (χ2n) is 2.72. The van der Waals surface area contributed by atoms with Crippen LogP contribution in [0, 0.1) is 5.92 Å². The zero-order valence-corrected chi connectivity index (χ0v) is 6.63. The van der Waals surface area contributed by atoms with Crippen LogP contribution < -0.4 is 0 Å². The van der Waals surface area contributed by atoms with Gasteiger partial charge in [-0.1, -0.05) is 17.7 Å². The topological polar surface area (TPSA) is 34.1 Å². The van der Waals surface area contributed by atoms with Crippen LogP contribution >= 0.6 is 0 Å². The minimum atomic E-state index is -0.514. The van der Waals surface area contributed by atoms with Gasteiger partial charge in [0.2, 0.25) is 0 Å². The molecule has 0 aliphatic heterocycles. The Kier molecular flexibility index (Phi) is 2.03. The summed E-state index contributed by atoms with van der Waals surface area (Å²) in [5, 5.41) is 0. The summed E-state index contributed by atoms with van der Waals surface area (Å²) in [5.41, 5.74) is 0.838. The Morgan fingerprint density at radius 2 is 2.18 bits per heavy atom. The van der Waals surface area contributed by atoms with Crippen LogP contribution in [0.25, 0.3) is 0 Å². The fourth-order valence-electron chi connectivity index (χ4n) is 1.23. The highest BCUT2D eigenvalue weighted by atomic mass is 16.1. The minimum absolute atomic E-state index is 0.0758. The van der Waals surface area contributed by atoms with Gasteiger partial charge in [-0.2, -0.15) is 0 Å². The molecule has 11 heavy (non-hydrogen) atoms. The maximum Gasteiger partial charge on any atom is 0.170 e. The van der Waals surface area contributed by atoms with Crippen LogP contribution in [0.5, 0.6) is 0 Å². The molecule has 1 unspecified atom stereocenters. The number of hydrogen-bond donors (Lipinski definition) is 0. The second kappa shape index (κ2) is 2.82. The van der Waals surface area contributed by atoms with Crippen molar-refractivity contribution in [1.29, 1.82) is 0 Å². The molecule has 0 N–H and O–H groups in total. The molecule has 1 aliphatic carbocycles. The van der Waals surface area contributed by atoms with E-state index in [1.807, 2.05) is 0 Å². The number of carbonyl (C=O) groups is 2. The molecule has 0 fully saturated rings. The predicted molar refractivity (Wildman–Crippen MR) is 42.1 cm³/mol. The number of hydrogen-bond acceptors (Lipinski definition) is 2. The lowest BCUT2D eigenvalue weighted by atomic mass is 9.88. The van der Waals surface area contributed by atoms with Crippen molar-refractivity contribution in [2.24, 2.45) is 5.92 Å². The van der Waals surface area contributed by atoms with Gasteiger partial charge < -0.3 is 0 Å². The van der Waals surface area contributed by atoms with Crippen LogP contribution in [0.3, 0.4) is 0 Å². The molecule has 0 radical (unpaired) electrons. The maximum atomic E-state index is 11.1. The molecule has 0 amide bonds. The molecule has 0 aromatic carbocycles. The molecule has 1 atom stereocenters. The first-order valence-electron chi connectivity index (χ1n) is 3.52. The van der Waals surface area contributed by atoms with Gasteiger partial charge in [0.15, 0.2) is 5.78 Å². The Morgan fingerprint density at radius 1 is 1.55 bits per heavy atom. The summed E-state index contributed by atoms with van der Waals surface area (Å²) >= 11 is 0. The molecule has 1 rings (SSSR count). The van der Waals surface area contributed by atoms with Gasteiger partial charge in [0, 0.05) is 0 Å². The van der Waals surface area contributed by atoms with Crippen molar-refractivity contribution < 1.29 is 9.59 Å². The molecule has 58 valence electrons. The third-order valence-corrected chi connectivity index (χ3v) is 1.77. The first-order chi connectivity index (χ1) is 5.13. The third kappa shape index (κ3) is 1.45. The van der Waals surface area contributed by atoms with Crippen LogP contribution in [0.4, 0.5) is 0 Å². The molecule has 2 nitrogen and oxygen atoms in total. The first kappa shape index (κ1) is 7.92. The molecule has 1 aliphatic rings. The number of rotatable bonds is 1. The molecular formula is C9H10O2. The average Bonchev–Trinajstić information content (AvgIpc) is 1.85. The highest BCUT2D eigenvalue weighted by Crippen LogP contribution is 2.17. The van der Waals surface area contributed by atoms with Crippen molar-refractivity contribution in [2.75, 3.05) is 0 Å².